The molecule has 0 spiro atoms. The molecule has 3 rings (SSSR count). The number of aromatic nitrogens is 1. The number of nitrogens with zero attached hydrogens (tertiary/aromatic N) is 1. The van der Waals surface area contributed by atoms with Gasteiger partial charge in [-0.3, -0.25) is 4.79 Å². The molecule has 2 fully saturated rings. The van der Waals surface area contributed by atoms with Crippen LogP contribution >= 0.6 is 0 Å². The van der Waals surface area contributed by atoms with Crippen LogP contribution in [0.2, 0.25) is 0 Å². The summed E-state index contributed by atoms with van der Waals surface area (Å²) in [6, 6.07) is 3.39. The van der Waals surface area contributed by atoms with Gasteiger partial charge in [-0.25, -0.2) is 18.1 Å². The highest BCUT2D eigenvalue weighted by Crippen LogP contribution is 2.28. The summed E-state index contributed by atoms with van der Waals surface area (Å²) in [4.78, 5) is 15.3. The first kappa shape index (κ1) is 17.2. The first-order valence-electron chi connectivity index (χ1n) is 8.39. The Morgan fingerprint density at radius 1 is 1.17 bits per heavy atom. The summed E-state index contributed by atoms with van der Waals surface area (Å²) in [5.41, 5.74) is 0. The van der Waals surface area contributed by atoms with Crippen molar-refractivity contribution in [2.24, 2.45) is 11.8 Å². The van der Waals surface area contributed by atoms with E-state index in [0.717, 1.165) is 25.7 Å². The van der Waals surface area contributed by atoms with Gasteiger partial charge in [0, 0.05) is 18.8 Å². The molecule has 0 amide bonds. The van der Waals surface area contributed by atoms with Gasteiger partial charge in [0.15, 0.2) is 0 Å². The average molecular weight is 353 g/mol. The van der Waals surface area contributed by atoms with Crippen molar-refractivity contribution in [1.29, 1.82) is 0 Å². The van der Waals surface area contributed by atoms with Crippen molar-refractivity contribution in [3.8, 4) is 0 Å². The molecule has 1 heterocycles. The Balaban J connectivity index is 1.53. The van der Waals surface area contributed by atoms with Crippen LogP contribution in [0.15, 0.2) is 23.2 Å². The number of hydrogen-bond acceptors (Lipinski definition) is 5. The lowest BCUT2D eigenvalue weighted by Crippen LogP contribution is -2.29. The molecule has 7 nitrogen and oxygen atoms in total. The summed E-state index contributed by atoms with van der Waals surface area (Å²) in [6.45, 7) is 0.495. The van der Waals surface area contributed by atoms with Crippen LogP contribution in [0.25, 0.3) is 0 Å². The molecule has 2 aliphatic carbocycles. The van der Waals surface area contributed by atoms with Gasteiger partial charge in [0.25, 0.3) is 0 Å². The Kier molecular flexibility index (Phi) is 5.05. The van der Waals surface area contributed by atoms with Gasteiger partial charge in [-0.1, -0.05) is 0 Å². The summed E-state index contributed by atoms with van der Waals surface area (Å²) in [6.07, 6.45) is 6.42. The third-order valence-corrected chi connectivity index (χ3v) is 6.14. The summed E-state index contributed by atoms with van der Waals surface area (Å²) in [5.74, 6) is 0.130. The Morgan fingerprint density at radius 3 is 2.42 bits per heavy atom. The number of hydrogen-bond donors (Lipinski definition) is 3. The molecule has 1 aromatic heterocycles. The molecule has 8 heteroatoms. The number of anilines is 1. The lowest BCUT2D eigenvalue weighted by molar-refractivity contribution is -0.142. The zero-order valence-electron chi connectivity index (χ0n) is 13.4. The van der Waals surface area contributed by atoms with E-state index in [9.17, 15) is 13.2 Å². The van der Waals surface area contributed by atoms with Crippen LogP contribution in [0.4, 0.5) is 5.82 Å². The molecule has 0 bridgehead atoms. The predicted octanol–water partition coefficient (Wildman–Crippen LogP) is 1.83. The smallest absolute Gasteiger partial charge is 0.306 e. The fourth-order valence-electron chi connectivity index (χ4n) is 2.95. The second kappa shape index (κ2) is 7.06. The molecule has 0 radical (unpaired) electrons. The lowest BCUT2D eigenvalue weighted by atomic mass is 9.86. The molecule has 2 saturated carbocycles. The largest absolute Gasteiger partial charge is 0.481 e. The lowest BCUT2D eigenvalue weighted by Gasteiger charge is -2.27. The molecule has 3 N–H and O–H groups in total. The summed E-state index contributed by atoms with van der Waals surface area (Å²) in [5, 5.41) is 12.3. The molecule has 132 valence electrons. The number of carbonyl (C=O) groups is 1. The summed E-state index contributed by atoms with van der Waals surface area (Å²) in [7, 11) is -3.49. The zero-order chi connectivity index (χ0) is 17.2. The maximum absolute atomic E-state index is 12.1. The third-order valence-electron chi connectivity index (χ3n) is 4.73. The molecule has 24 heavy (non-hydrogen) atoms. The zero-order valence-corrected chi connectivity index (χ0v) is 14.3. The van der Waals surface area contributed by atoms with E-state index in [1.165, 1.54) is 6.20 Å². The number of rotatable bonds is 7. The second-order valence-electron chi connectivity index (χ2n) is 6.71. The van der Waals surface area contributed by atoms with E-state index in [4.69, 9.17) is 5.11 Å². The first-order chi connectivity index (χ1) is 11.4. The van der Waals surface area contributed by atoms with Crippen molar-refractivity contribution in [2.75, 3.05) is 11.9 Å². The minimum absolute atomic E-state index is 0.170. The van der Waals surface area contributed by atoms with Crippen molar-refractivity contribution < 1.29 is 18.3 Å². The van der Waals surface area contributed by atoms with Gasteiger partial charge >= 0.3 is 5.97 Å². The maximum atomic E-state index is 12.1. The van der Waals surface area contributed by atoms with Crippen molar-refractivity contribution in [3.05, 3.63) is 18.3 Å². The highest BCUT2D eigenvalue weighted by molar-refractivity contribution is 7.89. The standard InChI is InChI=1S/C16H23N3O4S/c20-16(21)12-3-5-13(6-4-12)19-15-8-7-14(10-17-15)24(22,23)18-9-11-1-2-11/h7-8,10-13,18H,1-6,9H2,(H,17,19)(H,20,21). The van der Waals surface area contributed by atoms with E-state index in [1.54, 1.807) is 12.1 Å². The molecule has 0 saturated heterocycles. The predicted molar refractivity (Wildman–Crippen MR) is 89.2 cm³/mol. The Bertz CT molecular complexity index is 678. The summed E-state index contributed by atoms with van der Waals surface area (Å²) < 4.78 is 26.9. The first-order valence-corrected chi connectivity index (χ1v) is 9.87. The molecule has 0 aliphatic heterocycles. The fourth-order valence-corrected chi connectivity index (χ4v) is 4.01. The van der Waals surface area contributed by atoms with Crippen LogP contribution in [-0.4, -0.2) is 37.1 Å². The second-order valence-corrected chi connectivity index (χ2v) is 8.47. The van der Waals surface area contributed by atoms with Crippen LogP contribution in [0.3, 0.4) is 0 Å². The fraction of sp³-hybridized carbons (Fsp3) is 0.625. The Morgan fingerprint density at radius 2 is 1.88 bits per heavy atom. The van der Waals surface area contributed by atoms with E-state index in [1.807, 2.05) is 0 Å². The van der Waals surface area contributed by atoms with E-state index >= 15 is 0 Å². The van der Waals surface area contributed by atoms with Gasteiger partial charge in [0.05, 0.1) is 5.92 Å². The van der Waals surface area contributed by atoms with Crippen LogP contribution < -0.4 is 10.0 Å². The minimum Gasteiger partial charge on any atom is -0.481 e. The van der Waals surface area contributed by atoms with Crippen LogP contribution in [-0.2, 0) is 14.8 Å². The molecular weight excluding hydrogens is 330 g/mol. The quantitative estimate of drug-likeness (QED) is 0.690. The maximum Gasteiger partial charge on any atom is 0.306 e. The molecular formula is C16H23N3O4S. The number of pyridine rings is 1. The number of nitrogens with one attached hydrogen (secondary N) is 2. The van der Waals surface area contributed by atoms with Crippen molar-refractivity contribution in [2.45, 2.75) is 49.5 Å². The van der Waals surface area contributed by atoms with Crippen LogP contribution in [0.1, 0.15) is 38.5 Å². The number of aliphatic carboxylic acids is 1. The van der Waals surface area contributed by atoms with Gasteiger partial charge in [-0.05, 0) is 56.6 Å². The monoisotopic (exact) mass is 353 g/mol. The molecule has 2 aliphatic rings. The van der Waals surface area contributed by atoms with E-state index in [-0.39, 0.29) is 16.9 Å². The topological polar surface area (TPSA) is 108 Å². The van der Waals surface area contributed by atoms with Crippen LogP contribution in [0.5, 0.6) is 0 Å². The third kappa shape index (κ3) is 4.45. The van der Waals surface area contributed by atoms with Crippen molar-refractivity contribution >= 4 is 21.8 Å². The highest BCUT2D eigenvalue weighted by Gasteiger charge is 2.26. The van der Waals surface area contributed by atoms with E-state index in [2.05, 4.69) is 15.0 Å². The van der Waals surface area contributed by atoms with E-state index in [0.29, 0.717) is 31.1 Å². The van der Waals surface area contributed by atoms with Crippen molar-refractivity contribution in [3.63, 3.8) is 0 Å². The molecule has 1 aromatic rings. The number of sulfonamides is 1. The van der Waals surface area contributed by atoms with Gasteiger partial charge in [-0.2, -0.15) is 0 Å². The minimum atomic E-state index is -3.49. The summed E-state index contributed by atoms with van der Waals surface area (Å²) >= 11 is 0. The van der Waals surface area contributed by atoms with Gasteiger partial charge < -0.3 is 10.4 Å². The van der Waals surface area contributed by atoms with E-state index < -0.39 is 16.0 Å². The van der Waals surface area contributed by atoms with Gasteiger partial charge in [0.1, 0.15) is 10.7 Å². The van der Waals surface area contributed by atoms with Gasteiger partial charge in [0.2, 0.25) is 10.0 Å². The van der Waals surface area contributed by atoms with Gasteiger partial charge in [-0.15, -0.1) is 0 Å². The highest BCUT2D eigenvalue weighted by atomic mass is 32.2. The number of carboxylic acid groups (broad SMARTS) is 1. The molecule has 0 unspecified atom stereocenters. The van der Waals surface area contributed by atoms with Crippen LogP contribution in [0, 0.1) is 11.8 Å². The Hall–Kier alpha value is -1.67. The molecule has 0 aromatic carbocycles. The number of carboxylic acids is 1. The van der Waals surface area contributed by atoms with Crippen molar-refractivity contribution in [1.82, 2.24) is 9.71 Å². The normalized spacial score (nSPS) is 24.5. The Labute approximate surface area is 141 Å². The molecule has 0 atom stereocenters. The average Bonchev–Trinajstić information content (AvgIpc) is 3.38. The SMILES string of the molecule is O=C(O)C1CCC(Nc2ccc(S(=O)(=O)NCC3CC3)cn2)CC1.